The molecule has 0 unspecified atom stereocenters. The van der Waals surface area contributed by atoms with E-state index in [1.807, 2.05) is 249 Å². The largest absolute Gasteiger partial charge is 0.310 e. The van der Waals surface area contributed by atoms with Crippen molar-refractivity contribution in [3.63, 3.8) is 0 Å². The van der Waals surface area contributed by atoms with Crippen molar-refractivity contribution in [1.29, 1.82) is 0 Å². The van der Waals surface area contributed by atoms with E-state index in [2.05, 4.69) is 113 Å². The van der Waals surface area contributed by atoms with Crippen LogP contribution in [0.5, 0.6) is 0 Å². The number of halogens is 3. The van der Waals surface area contributed by atoms with Crippen LogP contribution in [0.4, 0.5) is 51.2 Å². The zero-order valence-electron chi connectivity index (χ0n) is 71.4. The second-order valence-electron chi connectivity index (χ2n) is 23.6. The van der Waals surface area contributed by atoms with E-state index in [1.165, 1.54) is 0 Å². The van der Waals surface area contributed by atoms with Crippen LogP contribution in [0, 0.1) is 0 Å². The molecule has 17 aromatic rings. The Hall–Kier alpha value is -11.6. The summed E-state index contributed by atoms with van der Waals surface area (Å²) in [6.45, 7) is 0. The molecule has 6 heteroatoms. The van der Waals surface area contributed by atoms with Gasteiger partial charge in [-0.15, -0.1) is 0 Å². The molecule has 0 aromatic heterocycles. The maximum absolute atomic E-state index is 9.22. The van der Waals surface area contributed by atoms with Crippen LogP contribution in [0.25, 0.3) is 88.0 Å². The third kappa shape index (κ3) is 15.2. The summed E-state index contributed by atoms with van der Waals surface area (Å²) in [4.78, 5) is 5.66. The summed E-state index contributed by atoms with van der Waals surface area (Å²) >= 11 is 10.5. The Balaban J connectivity index is 0.000000140. The SMILES string of the molecule is [2H]c1c([2H])c([2H])c(-c2ccc(N(c3ccc(-c4ccc(Br)cc4)cc3)c3cccc4ccccc34)cc2)c([2H])c1[2H].[2H]c1c([2H])c([2H])c(N(c2ccc(-c3ccccc3)cc2)c2cccc(-c3cccc(Br)c3)c2)c([2H])c1[2H].[2H]c1c([2H])c([2H])c2c([2H])c(N(c3ccc(-c4ccc(Br)cc4)cc3)c3cccc4ccccc34)c([2H])c([2H])c2c1[2H]. The fourth-order valence-corrected chi connectivity index (χ4v) is 13.2. The summed E-state index contributed by atoms with van der Waals surface area (Å²) in [7, 11) is 0. The number of nitrogens with zero attached hydrogens (tertiary/aromatic N) is 3. The number of hydrogen-bond acceptors (Lipinski definition) is 3. The third-order valence-corrected chi connectivity index (χ3v) is 18.8. The first kappa shape index (κ1) is 49.0. The maximum Gasteiger partial charge on any atom is 0.0651 e. The van der Waals surface area contributed by atoms with Crippen molar-refractivity contribution in [2.75, 3.05) is 14.7 Å². The average molecular weight is 1520 g/mol. The van der Waals surface area contributed by atoms with Crippen molar-refractivity contribution in [3.05, 3.63) is 426 Å². The number of benzene rings is 17. The molecule has 0 N–H and O–H groups in total. The highest BCUT2D eigenvalue weighted by Crippen LogP contribution is 2.44. The van der Waals surface area contributed by atoms with Crippen molar-refractivity contribution in [2.24, 2.45) is 0 Å². The fraction of sp³-hybridized carbons (Fsp3) is 0. The number of fused-ring (bicyclic) bond motifs is 3. The Morgan fingerprint density at radius 3 is 1.08 bits per heavy atom. The first-order valence-corrected chi connectivity index (χ1v) is 35.1. The molecule has 0 atom stereocenters. The first-order chi connectivity index (χ1) is 57.4. The molecule has 0 saturated carbocycles. The second kappa shape index (κ2) is 31.3. The minimum atomic E-state index is -0.489. The molecule has 0 fully saturated rings. The van der Waals surface area contributed by atoms with E-state index in [0.29, 0.717) is 28.3 Å². The van der Waals surface area contributed by atoms with Gasteiger partial charge >= 0.3 is 0 Å². The molecule has 0 aliphatic rings. The topological polar surface area (TPSA) is 9.72 Å². The van der Waals surface area contributed by atoms with Gasteiger partial charge in [-0.1, -0.05) is 327 Å². The number of para-hydroxylation sites is 1. The van der Waals surface area contributed by atoms with E-state index < -0.39 is 36.3 Å². The molecule has 17 rings (SSSR count). The molecule has 102 heavy (non-hydrogen) atoms. The molecule has 0 aliphatic carbocycles. The molecule has 17 aromatic carbocycles. The molecular weight excluding hydrogens is 1430 g/mol. The summed E-state index contributed by atoms with van der Waals surface area (Å²) in [6, 6.07) is 95.4. The van der Waals surface area contributed by atoms with Gasteiger partial charge in [-0.2, -0.15) is 0 Å². The summed E-state index contributed by atoms with van der Waals surface area (Å²) in [5.41, 5.74) is 14.7. The van der Waals surface area contributed by atoms with Gasteiger partial charge in [-0.3, -0.25) is 0 Å². The molecule has 0 heterocycles. The lowest BCUT2D eigenvalue weighted by molar-refractivity contribution is 1.28. The highest BCUT2D eigenvalue weighted by Gasteiger charge is 2.19. The summed E-state index contributed by atoms with van der Waals surface area (Å²) < 4.78 is 146. The van der Waals surface area contributed by atoms with Crippen LogP contribution < -0.4 is 14.7 Å². The quantitative estimate of drug-likeness (QED) is 0.107. The van der Waals surface area contributed by atoms with Gasteiger partial charge in [0.1, 0.15) is 0 Å². The van der Waals surface area contributed by atoms with Gasteiger partial charge in [-0.05, 0) is 211 Å². The lowest BCUT2D eigenvalue weighted by atomic mass is 10.0. The van der Waals surface area contributed by atoms with Gasteiger partial charge in [0.25, 0.3) is 0 Å². The molecule has 0 bridgehead atoms. The van der Waals surface area contributed by atoms with Crippen LogP contribution in [-0.2, 0) is 0 Å². The van der Waals surface area contributed by atoms with Gasteiger partial charge in [0.05, 0.1) is 34.7 Å². The van der Waals surface area contributed by atoms with Crippen molar-refractivity contribution < 1.29 is 23.3 Å². The van der Waals surface area contributed by atoms with Crippen LogP contribution in [0.15, 0.2) is 426 Å². The van der Waals surface area contributed by atoms with E-state index in [0.717, 1.165) is 96.5 Å². The molecule has 0 aliphatic heterocycles. The summed E-state index contributed by atoms with van der Waals surface area (Å²) in [5.74, 6) is 0. The van der Waals surface area contributed by atoms with Gasteiger partial charge in [0, 0.05) is 64.0 Å². The number of anilines is 9. The highest BCUT2D eigenvalue weighted by atomic mass is 79.9. The third-order valence-electron chi connectivity index (χ3n) is 17.2. The van der Waals surface area contributed by atoms with E-state index in [1.54, 1.807) is 9.80 Å². The summed E-state index contributed by atoms with van der Waals surface area (Å²) in [5, 5.41) is 3.83. The van der Waals surface area contributed by atoms with Crippen LogP contribution in [0.3, 0.4) is 0 Å². The van der Waals surface area contributed by atoms with E-state index in [-0.39, 0.29) is 94.2 Å². The monoisotopic (exact) mass is 1520 g/mol. The lowest BCUT2D eigenvalue weighted by Gasteiger charge is -2.27. The standard InChI is InChI=1S/C34H24BrN.C32H22BrN.C30H22BrN/c35-30-19-13-26(14-20-30)28-17-23-32(24-18-28)36(34-12-6-10-29-9-4-5-11-33(29)34)31-21-15-27(16-22-31)25-7-2-1-3-8-25;33-28-17-12-24(13-18-28)25-14-19-29(20-15-25)34(30-21-16-23-6-1-2-8-27(23)22-30)32-11-5-9-26-7-3-4-10-31(26)32;31-27-13-7-11-25(21-27)26-12-8-16-30(22-26)32(28-14-5-2-6-15-28)29-19-17-24(18-20-29)23-9-3-1-4-10-23/h1-24H;1-22H;1-22H/i1D,2D,3D,7D,8D;1D,2D,6D,8D,16D,21D,22D;2D,5D,6D,14D,15D. The number of hydrogen-bond donors (Lipinski definition) is 0. The molecule has 0 amide bonds. The predicted octanol–water partition coefficient (Wildman–Crippen LogP) is 29.6. The highest BCUT2D eigenvalue weighted by molar-refractivity contribution is 9.11. The smallest absolute Gasteiger partial charge is 0.0651 e. The van der Waals surface area contributed by atoms with Crippen LogP contribution in [0.1, 0.15) is 23.3 Å². The normalized spacial score (nSPS) is 13.2. The van der Waals surface area contributed by atoms with E-state index in [4.69, 9.17) is 21.9 Å². The zero-order valence-corrected chi connectivity index (χ0v) is 59.2. The molecule has 3 nitrogen and oxygen atoms in total. The number of rotatable bonds is 14. The molecular formula is C96H68Br3N3. The van der Waals surface area contributed by atoms with E-state index in [9.17, 15) is 1.37 Å². The molecule has 488 valence electrons. The van der Waals surface area contributed by atoms with Gasteiger partial charge in [0.2, 0.25) is 0 Å². The van der Waals surface area contributed by atoms with Gasteiger partial charge < -0.3 is 14.7 Å². The molecule has 0 saturated heterocycles. The Labute approximate surface area is 646 Å². The van der Waals surface area contributed by atoms with Gasteiger partial charge in [-0.25, -0.2) is 0 Å². The van der Waals surface area contributed by atoms with Crippen molar-refractivity contribution in [1.82, 2.24) is 0 Å². The molecule has 0 spiro atoms. The van der Waals surface area contributed by atoms with Crippen LogP contribution in [-0.4, -0.2) is 0 Å². The Morgan fingerprint density at radius 1 is 0.196 bits per heavy atom. The summed E-state index contributed by atoms with van der Waals surface area (Å²) in [6.07, 6.45) is 0. The maximum atomic E-state index is 9.22. The minimum absolute atomic E-state index is 0.0697. The second-order valence-corrected chi connectivity index (χ2v) is 26.3. The average Bonchev–Trinajstić information content (AvgIpc) is 0.726. The fourth-order valence-electron chi connectivity index (χ4n) is 12.3. The van der Waals surface area contributed by atoms with Crippen LogP contribution in [0.2, 0.25) is 0 Å². The van der Waals surface area contributed by atoms with E-state index >= 15 is 0 Å². The Morgan fingerprint density at radius 2 is 0.569 bits per heavy atom. The van der Waals surface area contributed by atoms with Crippen molar-refractivity contribution in [3.8, 4) is 55.6 Å². The van der Waals surface area contributed by atoms with Crippen molar-refractivity contribution in [2.45, 2.75) is 0 Å². The zero-order chi connectivity index (χ0) is 83.8. The van der Waals surface area contributed by atoms with Gasteiger partial charge in [0.15, 0.2) is 0 Å². The minimum Gasteiger partial charge on any atom is -0.310 e. The Kier molecular flexibility index (Phi) is 15.0. The van der Waals surface area contributed by atoms with Crippen LogP contribution >= 0.6 is 47.8 Å². The first-order valence-electron chi connectivity index (χ1n) is 41.2. The predicted molar refractivity (Wildman–Crippen MR) is 446 cm³/mol. The molecule has 0 radical (unpaired) electrons. The van der Waals surface area contributed by atoms with Crippen molar-refractivity contribution >= 4 is 131 Å². The lowest BCUT2D eigenvalue weighted by Crippen LogP contribution is -2.10. The Bertz CT molecular complexity index is 6660.